The third-order valence-electron chi connectivity index (χ3n) is 7.41. The first-order valence-electron chi connectivity index (χ1n) is 12.9. The molecule has 1 atom stereocenters. The molecule has 3 aromatic heterocycles. The zero-order chi connectivity index (χ0) is 28.1. The summed E-state index contributed by atoms with van der Waals surface area (Å²) in [7, 11) is 0. The maximum atomic E-state index is 13.4. The van der Waals surface area contributed by atoms with Gasteiger partial charge in [0, 0.05) is 33.6 Å². The van der Waals surface area contributed by atoms with Crippen molar-refractivity contribution in [3.63, 3.8) is 0 Å². The molecule has 13 nitrogen and oxygen atoms in total. The van der Waals surface area contributed by atoms with Crippen LogP contribution in [0.3, 0.4) is 0 Å². The van der Waals surface area contributed by atoms with Crippen molar-refractivity contribution < 1.29 is 14.6 Å². The van der Waals surface area contributed by atoms with Gasteiger partial charge in [0.15, 0.2) is 5.82 Å². The van der Waals surface area contributed by atoms with Crippen LogP contribution in [0.25, 0.3) is 28.2 Å². The molecule has 2 aliphatic rings. The van der Waals surface area contributed by atoms with Crippen LogP contribution in [0, 0.1) is 0 Å². The van der Waals surface area contributed by atoms with Crippen LogP contribution in [0.5, 0.6) is 0 Å². The van der Waals surface area contributed by atoms with Crippen molar-refractivity contribution in [2.24, 2.45) is 0 Å². The number of tetrazole rings is 1. The topological polar surface area (TPSA) is 157 Å². The highest BCUT2D eigenvalue weighted by Gasteiger charge is 2.31. The lowest BCUT2D eigenvalue weighted by molar-refractivity contribution is 0.00897. The van der Waals surface area contributed by atoms with Crippen LogP contribution in [0.1, 0.15) is 24.0 Å². The number of benzene rings is 2. The monoisotopic (exact) mass is 571 g/mol. The maximum absolute atomic E-state index is 13.4. The van der Waals surface area contributed by atoms with Crippen molar-refractivity contribution in [1.82, 2.24) is 40.0 Å². The Bertz CT molecular complexity index is 1810. The van der Waals surface area contributed by atoms with Crippen molar-refractivity contribution in [3.05, 3.63) is 87.8 Å². The van der Waals surface area contributed by atoms with Crippen LogP contribution >= 0.6 is 11.6 Å². The first-order chi connectivity index (χ1) is 20.0. The predicted molar refractivity (Wildman–Crippen MR) is 147 cm³/mol. The number of nitrogens with zero attached hydrogens (tertiary/aromatic N) is 8. The number of amides is 1. The van der Waals surface area contributed by atoms with Gasteiger partial charge in [0.1, 0.15) is 12.2 Å². The summed E-state index contributed by atoms with van der Waals surface area (Å²) >= 11 is 6.31. The second-order valence-corrected chi connectivity index (χ2v) is 10.3. The predicted octanol–water partition coefficient (Wildman–Crippen LogP) is 3.35. The normalized spacial score (nSPS) is 16.4. The molecule has 0 bridgehead atoms. The van der Waals surface area contributed by atoms with E-state index in [1.807, 2.05) is 12.1 Å². The van der Waals surface area contributed by atoms with Crippen LogP contribution in [-0.4, -0.2) is 70.4 Å². The van der Waals surface area contributed by atoms with Crippen LogP contribution in [0.15, 0.2) is 65.7 Å². The van der Waals surface area contributed by atoms with Crippen LogP contribution in [0.4, 0.5) is 10.5 Å². The lowest BCUT2D eigenvalue weighted by Crippen LogP contribution is -2.51. The van der Waals surface area contributed by atoms with Gasteiger partial charge in [-0.05, 0) is 77.4 Å². The first-order valence-corrected chi connectivity index (χ1v) is 13.3. The summed E-state index contributed by atoms with van der Waals surface area (Å²) in [6.07, 6.45) is 1.82. The molecule has 0 unspecified atom stereocenters. The molecule has 0 spiro atoms. The Morgan fingerprint density at radius 3 is 2.63 bits per heavy atom. The van der Waals surface area contributed by atoms with Crippen molar-refractivity contribution in [1.29, 1.82) is 0 Å². The number of carbonyl (C=O) groups is 1. The maximum Gasteiger partial charge on any atom is 0.412 e. The van der Waals surface area contributed by atoms with Gasteiger partial charge in [-0.2, -0.15) is 9.78 Å². The number of nitrogens with one attached hydrogen (secondary N) is 1. The van der Waals surface area contributed by atoms with Crippen LogP contribution < -0.4 is 10.5 Å². The number of pyridine rings is 1. The highest BCUT2D eigenvalue weighted by atomic mass is 35.5. The minimum absolute atomic E-state index is 0.168. The van der Waals surface area contributed by atoms with E-state index >= 15 is 0 Å². The summed E-state index contributed by atoms with van der Waals surface area (Å²) in [6, 6.07) is 15.5. The molecule has 1 saturated heterocycles. The lowest BCUT2D eigenvalue weighted by atomic mass is 10.0. The summed E-state index contributed by atoms with van der Waals surface area (Å²) in [6.45, 7) is 0.753. The van der Waals surface area contributed by atoms with Crippen LogP contribution in [0.2, 0.25) is 5.02 Å². The Kier molecular flexibility index (Phi) is 6.09. The highest BCUT2D eigenvalue weighted by molar-refractivity contribution is 6.31. The number of ether oxygens (including phenoxy) is 1. The van der Waals surface area contributed by atoms with E-state index in [2.05, 4.69) is 25.7 Å². The number of aromatic nitrogens is 8. The summed E-state index contributed by atoms with van der Waals surface area (Å²) in [5.41, 5.74) is 4.15. The number of aromatic amines is 1. The molecule has 7 rings (SSSR count). The van der Waals surface area contributed by atoms with Crippen molar-refractivity contribution >= 4 is 23.4 Å². The van der Waals surface area contributed by atoms with Gasteiger partial charge < -0.3 is 14.4 Å². The Labute approximate surface area is 237 Å². The summed E-state index contributed by atoms with van der Waals surface area (Å²) in [5.74, 6) is 1.04. The Morgan fingerprint density at radius 2 is 1.93 bits per heavy atom. The van der Waals surface area contributed by atoms with E-state index in [1.165, 1.54) is 15.9 Å². The average Bonchev–Trinajstić information content (AvgIpc) is 3.71. The quantitative estimate of drug-likeness (QED) is 0.312. The number of hydrogen-bond donors (Lipinski definition) is 2. The minimum Gasteiger partial charge on any atom is -0.465 e. The van der Waals surface area contributed by atoms with Crippen molar-refractivity contribution in [2.75, 3.05) is 18.1 Å². The second kappa shape index (κ2) is 9.94. The third-order valence-corrected chi connectivity index (χ3v) is 7.65. The number of fused-ring (bicyclic) bond motifs is 1. The van der Waals surface area contributed by atoms with Gasteiger partial charge in [-0.3, -0.25) is 14.8 Å². The molecule has 5 aromatic rings. The fraction of sp³-hybridized carbons (Fsp3) is 0.222. The molecule has 2 aliphatic heterocycles. The van der Waals surface area contributed by atoms with Gasteiger partial charge in [-0.15, -0.1) is 5.10 Å². The molecule has 206 valence electrons. The van der Waals surface area contributed by atoms with Crippen LogP contribution in [-0.2, 0) is 11.2 Å². The second-order valence-electron chi connectivity index (χ2n) is 9.85. The number of rotatable bonds is 6. The number of halogens is 1. The third kappa shape index (κ3) is 4.44. The molecule has 0 aliphatic carbocycles. The molecule has 0 radical (unpaired) electrons. The molecule has 41 heavy (non-hydrogen) atoms. The van der Waals surface area contributed by atoms with Gasteiger partial charge in [0.25, 0.3) is 5.56 Å². The summed E-state index contributed by atoms with van der Waals surface area (Å²) in [4.78, 5) is 31.2. The molecule has 5 heterocycles. The molecule has 1 fully saturated rings. The van der Waals surface area contributed by atoms with E-state index in [1.54, 1.807) is 47.0 Å². The number of hydrogen-bond acceptors (Lipinski definition) is 8. The Hall–Kier alpha value is -4.88. The molecule has 2 N–H and O–H groups in total. The standard InChI is InChI=1S/C27H22ClN9O4/c28-17-3-7-22(35-14-29-33-34-35)21(11-17)16-9-19-6-8-23(37(19)24(38)10-16)26-30-25(31-32-26)15-1-4-18(5-2-15)36(27(39)40)20-12-41-13-20/h1-5,7,9-11,14,20,23H,6,8,12-13H2,(H,39,40)(H,30,31,32)/t23-/m0/s1. The van der Waals surface area contributed by atoms with Crippen molar-refractivity contribution in [3.8, 4) is 28.2 Å². The van der Waals surface area contributed by atoms with Gasteiger partial charge in [0.05, 0.1) is 31.0 Å². The zero-order valence-corrected chi connectivity index (χ0v) is 22.1. The van der Waals surface area contributed by atoms with Crippen molar-refractivity contribution in [2.45, 2.75) is 24.9 Å². The van der Waals surface area contributed by atoms with E-state index in [9.17, 15) is 14.7 Å². The van der Waals surface area contributed by atoms with E-state index in [-0.39, 0.29) is 17.6 Å². The smallest absolute Gasteiger partial charge is 0.412 e. The van der Waals surface area contributed by atoms with Gasteiger partial charge >= 0.3 is 6.09 Å². The fourth-order valence-electron chi connectivity index (χ4n) is 5.39. The van der Waals surface area contributed by atoms with Gasteiger partial charge in [-0.1, -0.05) is 11.6 Å². The molecular formula is C27H22ClN9O4. The number of anilines is 1. The molecule has 14 heteroatoms. The molecule has 2 aromatic carbocycles. The SMILES string of the molecule is O=C(O)N(c1ccc(-c2n[nH]c([C@@H]3CCc4cc(-c5cc(Cl)ccc5-n5cnnn5)cc(=O)n43)n2)cc1)C1COC1. The number of carboxylic acid groups (broad SMARTS) is 1. The zero-order valence-electron chi connectivity index (χ0n) is 21.4. The Balaban J connectivity index is 1.17. The lowest BCUT2D eigenvalue weighted by Gasteiger charge is -2.35. The first kappa shape index (κ1) is 25.1. The largest absolute Gasteiger partial charge is 0.465 e. The van der Waals surface area contributed by atoms with E-state index in [0.29, 0.717) is 54.1 Å². The highest BCUT2D eigenvalue weighted by Crippen LogP contribution is 2.34. The molecule has 1 amide bonds. The molecule has 0 saturated carbocycles. The Morgan fingerprint density at radius 1 is 1.10 bits per heavy atom. The van der Waals surface area contributed by atoms with E-state index < -0.39 is 6.09 Å². The summed E-state index contributed by atoms with van der Waals surface area (Å²) < 4.78 is 8.42. The molecular weight excluding hydrogens is 550 g/mol. The van der Waals surface area contributed by atoms with Gasteiger partial charge in [0.2, 0.25) is 0 Å². The van der Waals surface area contributed by atoms with Gasteiger partial charge in [-0.25, -0.2) is 9.78 Å². The fourth-order valence-corrected chi connectivity index (χ4v) is 5.57. The number of aryl methyl sites for hydroxylation is 1. The van der Waals surface area contributed by atoms with E-state index in [0.717, 1.165) is 22.4 Å². The number of H-pyrrole nitrogens is 1. The summed E-state index contributed by atoms with van der Waals surface area (Å²) in [5, 5.41) is 29.0. The average molecular weight is 572 g/mol. The van der Waals surface area contributed by atoms with E-state index in [4.69, 9.17) is 21.3 Å². The minimum atomic E-state index is -1.03.